The minimum absolute atomic E-state index is 0.149. The lowest BCUT2D eigenvalue weighted by atomic mass is 10.2. The molecule has 1 amide bonds. The van der Waals surface area contributed by atoms with Gasteiger partial charge in [0.1, 0.15) is 0 Å². The van der Waals surface area contributed by atoms with Gasteiger partial charge in [-0.1, -0.05) is 6.42 Å². The lowest BCUT2D eigenvalue weighted by Gasteiger charge is -2.21. The van der Waals surface area contributed by atoms with E-state index in [2.05, 4.69) is 15.1 Å². The molecule has 20 heavy (non-hydrogen) atoms. The van der Waals surface area contributed by atoms with Gasteiger partial charge in [0, 0.05) is 19.1 Å². The van der Waals surface area contributed by atoms with Crippen molar-refractivity contribution < 1.29 is 4.79 Å². The zero-order chi connectivity index (χ0) is 14.8. The summed E-state index contributed by atoms with van der Waals surface area (Å²) in [6.45, 7) is 10.8. The smallest absolute Gasteiger partial charge is 0.234 e. The molecule has 3 N–H and O–H groups in total. The summed E-state index contributed by atoms with van der Waals surface area (Å²) in [6.07, 6.45) is 4.76. The van der Waals surface area contributed by atoms with Crippen LogP contribution in [0.4, 0.5) is 0 Å². The predicted molar refractivity (Wildman–Crippen MR) is 83.7 cm³/mol. The predicted octanol–water partition coefficient (Wildman–Crippen LogP) is 0.648. The maximum atomic E-state index is 11.8. The quantitative estimate of drug-likeness (QED) is 0.643. The maximum absolute atomic E-state index is 11.8. The summed E-state index contributed by atoms with van der Waals surface area (Å²) < 4.78 is 0. The Hall–Kier alpha value is -0.650. The molecule has 1 saturated heterocycles. The molecule has 5 nitrogen and oxygen atoms in total. The average Bonchev–Trinajstić information content (AvgIpc) is 2.59. The van der Waals surface area contributed by atoms with Crippen LogP contribution in [0.3, 0.4) is 0 Å². The fourth-order valence-electron chi connectivity index (χ4n) is 2.63. The molecule has 0 atom stereocenters. The normalized spacial score (nSPS) is 18.2. The Bertz CT molecular complexity index is 271. The number of carbonyl (C=O) groups excluding carboxylic acids is 1. The van der Waals surface area contributed by atoms with Gasteiger partial charge in [-0.15, -0.1) is 0 Å². The summed E-state index contributed by atoms with van der Waals surface area (Å²) in [6, 6.07) is 0.230. The minimum atomic E-state index is 0.149. The summed E-state index contributed by atoms with van der Waals surface area (Å²) in [7, 11) is 0. The summed E-state index contributed by atoms with van der Waals surface area (Å²) in [5.41, 5.74) is 5.51. The molecule has 0 aliphatic carbocycles. The van der Waals surface area contributed by atoms with Gasteiger partial charge in [0.15, 0.2) is 0 Å². The van der Waals surface area contributed by atoms with E-state index in [4.69, 9.17) is 5.73 Å². The summed E-state index contributed by atoms with van der Waals surface area (Å²) in [5.74, 6) is 0.149. The van der Waals surface area contributed by atoms with Crippen LogP contribution >= 0.6 is 0 Å². The molecular formula is C15H32N4O. The first-order valence-electron chi connectivity index (χ1n) is 8.06. The molecule has 1 aliphatic heterocycles. The molecule has 0 radical (unpaired) electrons. The number of unbranched alkanes of at least 4 members (excludes halogenated alkanes) is 2. The van der Waals surface area contributed by atoms with E-state index < -0.39 is 0 Å². The fourth-order valence-corrected chi connectivity index (χ4v) is 2.63. The van der Waals surface area contributed by atoms with Crippen molar-refractivity contribution in [3.63, 3.8) is 0 Å². The molecule has 0 unspecified atom stereocenters. The first-order chi connectivity index (χ1) is 9.61. The lowest BCUT2D eigenvalue weighted by molar-refractivity contribution is -0.122. The number of nitrogens with zero attached hydrogens (tertiary/aromatic N) is 2. The second-order valence-corrected chi connectivity index (χ2v) is 6.04. The molecule has 118 valence electrons. The minimum Gasteiger partial charge on any atom is -0.353 e. The number of nitrogens with two attached hydrogens (primary N) is 1. The Morgan fingerprint density at radius 1 is 1.10 bits per heavy atom. The number of carbonyl (C=O) groups is 1. The highest BCUT2D eigenvalue weighted by Gasteiger charge is 2.16. The van der Waals surface area contributed by atoms with Crippen molar-refractivity contribution in [2.75, 3.05) is 45.8 Å². The van der Waals surface area contributed by atoms with Crippen molar-refractivity contribution in [3.8, 4) is 0 Å². The molecule has 0 aromatic heterocycles. The third kappa shape index (κ3) is 7.82. The zero-order valence-electron chi connectivity index (χ0n) is 13.2. The van der Waals surface area contributed by atoms with Crippen LogP contribution in [-0.4, -0.2) is 67.6 Å². The Labute approximate surface area is 123 Å². The monoisotopic (exact) mass is 284 g/mol. The number of nitrogens with one attached hydrogen (secondary N) is 1. The van der Waals surface area contributed by atoms with Crippen LogP contribution in [0.5, 0.6) is 0 Å². The van der Waals surface area contributed by atoms with E-state index in [1.807, 2.05) is 13.8 Å². The molecule has 1 heterocycles. The molecule has 0 spiro atoms. The van der Waals surface area contributed by atoms with Gasteiger partial charge in [-0.05, 0) is 59.3 Å². The maximum Gasteiger partial charge on any atom is 0.234 e. The molecular weight excluding hydrogens is 252 g/mol. The molecule has 1 rings (SSSR count). The van der Waals surface area contributed by atoms with Gasteiger partial charge in [-0.25, -0.2) is 0 Å². The van der Waals surface area contributed by atoms with Crippen molar-refractivity contribution in [2.24, 2.45) is 5.73 Å². The standard InChI is InChI=1S/C15H32N4O/c1-14(2)17-15(20)13-19-10-6-9-18(11-12-19)8-5-3-4-7-16/h14H,3-13,16H2,1-2H3,(H,17,20). The third-order valence-corrected chi connectivity index (χ3v) is 3.68. The van der Waals surface area contributed by atoms with Gasteiger partial charge in [0.25, 0.3) is 0 Å². The summed E-state index contributed by atoms with van der Waals surface area (Å²) in [5, 5.41) is 2.96. The van der Waals surface area contributed by atoms with E-state index in [1.54, 1.807) is 0 Å². The van der Waals surface area contributed by atoms with E-state index in [0.717, 1.165) is 45.6 Å². The van der Waals surface area contributed by atoms with Gasteiger partial charge >= 0.3 is 0 Å². The highest BCUT2D eigenvalue weighted by molar-refractivity contribution is 5.78. The first-order valence-corrected chi connectivity index (χ1v) is 8.06. The van der Waals surface area contributed by atoms with Crippen molar-refractivity contribution in [2.45, 2.75) is 45.6 Å². The van der Waals surface area contributed by atoms with Gasteiger partial charge in [-0.3, -0.25) is 9.69 Å². The summed E-state index contributed by atoms with van der Waals surface area (Å²) in [4.78, 5) is 16.6. The van der Waals surface area contributed by atoms with E-state index in [1.165, 1.54) is 19.4 Å². The van der Waals surface area contributed by atoms with Crippen LogP contribution in [0.2, 0.25) is 0 Å². The highest BCUT2D eigenvalue weighted by atomic mass is 16.2. The SMILES string of the molecule is CC(C)NC(=O)CN1CCCN(CCCCCN)CC1. The van der Waals surface area contributed by atoms with E-state index in [9.17, 15) is 4.79 Å². The van der Waals surface area contributed by atoms with Gasteiger partial charge in [0.05, 0.1) is 6.54 Å². The Morgan fingerprint density at radius 2 is 1.80 bits per heavy atom. The average molecular weight is 284 g/mol. The summed E-state index contributed by atoms with van der Waals surface area (Å²) >= 11 is 0. The van der Waals surface area contributed by atoms with E-state index in [-0.39, 0.29) is 11.9 Å². The second-order valence-electron chi connectivity index (χ2n) is 6.04. The Balaban J connectivity index is 2.20. The van der Waals surface area contributed by atoms with Crippen molar-refractivity contribution in [1.82, 2.24) is 15.1 Å². The fraction of sp³-hybridized carbons (Fsp3) is 0.933. The van der Waals surface area contributed by atoms with Gasteiger partial charge in [0.2, 0.25) is 5.91 Å². The number of hydrogen-bond donors (Lipinski definition) is 2. The molecule has 1 fully saturated rings. The van der Waals surface area contributed by atoms with Crippen molar-refractivity contribution in [1.29, 1.82) is 0 Å². The van der Waals surface area contributed by atoms with E-state index in [0.29, 0.717) is 6.54 Å². The van der Waals surface area contributed by atoms with Gasteiger partial charge in [-0.2, -0.15) is 0 Å². The molecule has 0 bridgehead atoms. The molecule has 5 heteroatoms. The highest BCUT2D eigenvalue weighted by Crippen LogP contribution is 2.05. The van der Waals surface area contributed by atoms with Crippen molar-refractivity contribution in [3.05, 3.63) is 0 Å². The lowest BCUT2D eigenvalue weighted by Crippen LogP contribution is -2.41. The van der Waals surface area contributed by atoms with E-state index >= 15 is 0 Å². The zero-order valence-corrected chi connectivity index (χ0v) is 13.2. The molecule has 1 aliphatic rings. The van der Waals surface area contributed by atoms with Gasteiger partial charge < -0.3 is 16.0 Å². The Morgan fingerprint density at radius 3 is 2.50 bits per heavy atom. The van der Waals surface area contributed by atoms with Crippen molar-refractivity contribution >= 4 is 5.91 Å². The molecule has 0 aromatic carbocycles. The second kappa shape index (κ2) is 10.1. The largest absolute Gasteiger partial charge is 0.353 e. The van der Waals surface area contributed by atoms with Crippen LogP contribution in [0.1, 0.15) is 39.5 Å². The van der Waals surface area contributed by atoms with Crippen LogP contribution in [0.25, 0.3) is 0 Å². The number of amides is 1. The van der Waals surface area contributed by atoms with Crippen LogP contribution < -0.4 is 11.1 Å². The van der Waals surface area contributed by atoms with Crippen LogP contribution in [-0.2, 0) is 4.79 Å². The third-order valence-electron chi connectivity index (χ3n) is 3.68. The molecule has 0 aromatic rings. The number of rotatable bonds is 8. The van der Waals surface area contributed by atoms with Crippen LogP contribution in [0, 0.1) is 0 Å². The van der Waals surface area contributed by atoms with Crippen LogP contribution in [0.15, 0.2) is 0 Å². The first kappa shape index (κ1) is 17.4. The Kier molecular flexibility index (Phi) is 8.82. The topological polar surface area (TPSA) is 61.6 Å². The molecule has 0 saturated carbocycles. The number of hydrogen-bond acceptors (Lipinski definition) is 4.